The van der Waals surface area contributed by atoms with Crippen LogP contribution in [-0.4, -0.2) is 45.1 Å². The summed E-state index contributed by atoms with van der Waals surface area (Å²) < 4.78 is 10.8. The quantitative estimate of drug-likeness (QED) is 0.602. The minimum atomic E-state index is 0.200. The Morgan fingerprint density at radius 1 is 1.54 bits per heavy atom. The fraction of sp³-hybridized carbons (Fsp3) is 1.00. The van der Waals surface area contributed by atoms with E-state index in [0.717, 1.165) is 19.6 Å². The van der Waals surface area contributed by atoms with Gasteiger partial charge in [-0.05, 0) is 13.3 Å². The van der Waals surface area contributed by atoms with Crippen LogP contribution in [0.25, 0.3) is 0 Å². The van der Waals surface area contributed by atoms with Crippen LogP contribution in [-0.2, 0) is 9.47 Å². The third-order valence-corrected chi connectivity index (χ3v) is 2.45. The average Bonchev–Trinajstić information content (AvgIpc) is 2.10. The third-order valence-electron chi connectivity index (χ3n) is 2.45. The highest BCUT2D eigenvalue weighted by Gasteiger charge is 2.41. The van der Waals surface area contributed by atoms with Crippen molar-refractivity contribution in [3.8, 4) is 0 Å². The van der Waals surface area contributed by atoms with Gasteiger partial charge in [0.1, 0.15) is 0 Å². The SMILES string of the molecule is CCOC1CC(NCCN)C1OC. The summed E-state index contributed by atoms with van der Waals surface area (Å²) in [5.41, 5.74) is 5.40. The summed E-state index contributed by atoms with van der Waals surface area (Å²) in [6, 6.07) is 0.421. The summed E-state index contributed by atoms with van der Waals surface area (Å²) in [7, 11) is 1.73. The highest BCUT2D eigenvalue weighted by atomic mass is 16.5. The van der Waals surface area contributed by atoms with Crippen molar-refractivity contribution in [1.29, 1.82) is 0 Å². The molecule has 0 aromatic carbocycles. The summed E-state index contributed by atoms with van der Waals surface area (Å²) in [6.07, 6.45) is 1.50. The van der Waals surface area contributed by atoms with E-state index in [-0.39, 0.29) is 12.2 Å². The molecule has 0 amide bonds. The molecule has 1 rings (SSSR count). The Hall–Kier alpha value is -0.160. The molecule has 3 atom stereocenters. The van der Waals surface area contributed by atoms with Crippen LogP contribution in [0.5, 0.6) is 0 Å². The van der Waals surface area contributed by atoms with Gasteiger partial charge in [0.15, 0.2) is 0 Å². The van der Waals surface area contributed by atoms with Crippen molar-refractivity contribution < 1.29 is 9.47 Å². The second kappa shape index (κ2) is 5.54. The van der Waals surface area contributed by atoms with E-state index < -0.39 is 0 Å². The van der Waals surface area contributed by atoms with E-state index in [1.807, 2.05) is 6.92 Å². The molecular formula is C9H20N2O2. The minimum Gasteiger partial charge on any atom is -0.377 e. The second-order valence-electron chi connectivity index (χ2n) is 3.28. The normalized spacial score (nSPS) is 33.0. The molecule has 1 aliphatic rings. The molecule has 0 aromatic rings. The number of ether oxygens (including phenoxy) is 2. The maximum absolute atomic E-state index is 5.50. The van der Waals surface area contributed by atoms with Crippen molar-refractivity contribution in [2.75, 3.05) is 26.8 Å². The van der Waals surface area contributed by atoms with Crippen molar-refractivity contribution in [3.05, 3.63) is 0 Å². The number of methoxy groups -OCH3 is 1. The maximum atomic E-state index is 5.50. The van der Waals surface area contributed by atoms with Crippen LogP contribution < -0.4 is 11.1 Å². The number of hydrogen-bond donors (Lipinski definition) is 2. The van der Waals surface area contributed by atoms with E-state index in [1.54, 1.807) is 7.11 Å². The van der Waals surface area contributed by atoms with E-state index in [9.17, 15) is 0 Å². The maximum Gasteiger partial charge on any atom is 0.0986 e. The molecule has 4 nitrogen and oxygen atoms in total. The smallest absolute Gasteiger partial charge is 0.0986 e. The Morgan fingerprint density at radius 3 is 2.85 bits per heavy atom. The first kappa shape index (κ1) is 10.9. The zero-order valence-corrected chi connectivity index (χ0v) is 8.45. The molecular weight excluding hydrogens is 168 g/mol. The first-order chi connectivity index (χ1) is 6.33. The zero-order valence-electron chi connectivity index (χ0n) is 8.45. The standard InChI is InChI=1S/C9H20N2O2/c1-3-13-8-6-7(9(8)12-2)11-5-4-10/h7-9,11H,3-6,10H2,1-2H3. The molecule has 1 fully saturated rings. The molecule has 0 heterocycles. The van der Waals surface area contributed by atoms with Gasteiger partial charge in [-0.2, -0.15) is 0 Å². The Morgan fingerprint density at radius 2 is 2.31 bits per heavy atom. The molecule has 4 heteroatoms. The van der Waals surface area contributed by atoms with Crippen LogP contribution in [0.1, 0.15) is 13.3 Å². The molecule has 0 bridgehead atoms. The van der Waals surface area contributed by atoms with Gasteiger partial charge >= 0.3 is 0 Å². The van der Waals surface area contributed by atoms with Crippen molar-refractivity contribution in [1.82, 2.24) is 5.32 Å². The summed E-state index contributed by atoms with van der Waals surface area (Å²) in [6.45, 7) is 4.29. The van der Waals surface area contributed by atoms with Gasteiger partial charge in [-0.1, -0.05) is 0 Å². The van der Waals surface area contributed by atoms with E-state index in [1.165, 1.54) is 0 Å². The van der Waals surface area contributed by atoms with Gasteiger partial charge in [0.25, 0.3) is 0 Å². The van der Waals surface area contributed by atoms with E-state index in [2.05, 4.69) is 5.32 Å². The Balaban J connectivity index is 2.21. The Kier molecular flexibility index (Phi) is 4.66. The third kappa shape index (κ3) is 2.64. The van der Waals surface area contributed by atoms with Crippen molar-refractivity contribution in [2.24, 2.45) is 5.73 Å². The summed E-state index contributed by atoms with van der Waals surface area (Å²) in [5, 5.41) is 3.33. The van der Waals surface area contributed by atoms with Crippen LogP contribution >= 0.6 is 0 Å². The first-order valence-electron chi connectivity index (χ1n) is 4.91. The fourth-order valence-electron chi connectivity index (χ4n) is 1.74. The predicted octanol–water partition coefficient (Wildman–Crippen LogP) is -0.273. The topological polar surface area (TPSA) is 56.5 Å². The van der Waals surface area contributed by atoms with Gasteiger partial charge in [0.05, 0.1) is 12.2 Å². The molecule has 0 saturated heterocycles. The number of hydrogen-bond acceptors (Lipinski definition) is 4. The van der Waals surface area contributed by atoms with E-state index in [4.69, 9.17) is 15.2 Å². The lowest BCUT2D eigenvalue weighted by Crippen LogP contribution is -2.60. The van der Waals surface area contributed by atoms with Gasteiger partial charge in [-0.3, -0.25) is 0 Å². The van der Waals surface area contributed by atoms with Crippen LogP contribution in [0.4, 0.5) is 0 Å². The van der Waals surface area contributed by atoms with Crippen molar-refractivity contribution in [2.45, 2.75) is 31.6 Å². The Bertz CT molecular complexity index is 144. The first-order valence-corrected chi connectivity index (χ1v) is 4.91. The molecule has 1 aliphatic carbocycles. The number of rotatable bonds is 6. The summed E-state index contributed by atoms with van der Waals surface area (Å²) >= 11 is 0. The van der Waals surface area contributed by atoms with Crippen LogP contribution in [0.2, 0.25) is 0 Å². The van der Waals surface area contributed by atoms with Crippen molar-refractivity contribution >= 4 is 0 Å². The molecule has 0 radical (unpaired) electrons. The monoisotopic (exact) mass is 188 g/mol. The van der Waals surface area contributed by atoms with Gasteiger partial charge in [-0.15, -0.1) is 0 Å². The highest BCUT2D eigenvalue weighted by molar-refractivity contribution is 4.96. The zero-order chi connectivity index (χ0) is 9.68. The number of nitrogens with two attached hydrogens (primary N) is 1. The molecule has 78 valence electrons. The van der Waals surface area contributed by atoms with Crippen LogP contribution in [0.15, 0.2) is 0 Å². The minimum absolute atomic E-state index is 0.200. The van der Waals surface area contributed by atoms with Crippen LogP contribution in [0, 0.1) is 0 Å². The fourth-order valence-corrected chi connectivity index (χ4v) is 1.74. The molecule has 3 unspecified atom stereocenters. The van der Waals surface area contributed by atoms with E-state index in [0.29, 0.717) is 12.6 Å². The molecule has 0 aromatic heterocycles. The lowest BCUT2D eigenvalue weighted by atomic mass is 9.85. The lowest BCUT2D eigenvalue weighted by molar-refractivity contribution is -0.130. The number of nitrogens with one attached hydrogen (secondary N) is 1. The van der Waals surface area contributed by atoms with E-state index >= 15 is 0 Å². The summed E-state index contributed by atoms with van der Waals surface area (Å²) in [4.78, 5) is 0. The van der Waals surface area contributed by atoms with Gasteiger partial charge in [-0.25, -0.2) is 0 Å². The molecule has 0 aliphatic heterocycles. The second-order valence-corrected chi connectivity index (χ2v) is 3.28. The molecule has 1 saturated carbocycles. The summed E-state index contributed by atoms with van der Waals surface area (Å²) in [5.74, 6) is 0. The van der Waals surface area contributed by atoms with Crippen LogP contribution in [0.3, 0.4) is 0 Å². The van der Waals surface area contributed by atoms with Crippen molar-refractivity contribution in [3.63, 3.8) is 0 Å². The molecule has 3 N–H and O–H groups in total. The largest absolute Gasteiger partial charge is 0.377 e. The predicted molar refractivity (Wildman–Crippen MR) is 51.7 cm³/mol. The van der Waals surface area contributed by atoms with Gasteiger partial charge in [0, 0.05) is 32.8 Å². The van der Waals surface area contributed by atoms with Gasteiger partial charge < -0.3 is 20.5 Å². The Labute approximate surface area is 79.8 Å². The molecule has 0 spiro atoms. The van der Waals surface area contributed by atoms with Gasteiger partial charge in [0.2, 0.25) is 0 Å². The average molecular weight is 188 g/mol. The molecule has 13 heavy (non-hydrogen) atoms. The highest BCUT2D eigenvalue weighted by Crippen LogP contribution is 2.26. The lowest BCUT2D eigenvalue weighted by Gasteiger charge is -2.43.